The van der Waals surface area contributed by atoms with Gasteiger partial charge < -0.3 is 39.8 Å². The summed E-state index contributed by atoms with van der Waals surface area (Å²) < 4.78 is 50.7. The molecule has 9 nitrogen and oxygen atoms in total. The Morgan fingerprint density at radius 2 is 0.583 bits per heavy atom. The average molecular weight is 571 g/mol. The summed E-state index contributed by atoms with van der Waals surface area (Å²) in [5, 5.41) is 0. The van der Waals surface area contributed by atoms with Crippen molar-refractivity contribution in [3.05, 3.63) is 0 Å². The molecule has 0 radical (unpaired) electrons. The Balaban J connectivity index is 2.75. The molecule has 0 aromatic rings. The first-order valence-corrected chi connectivity index (χ1v) is 19.0. The summed E-state index contributed by atoms with van der Waals surface area (Å²) >= 11 is 0. The van der Waals surface area contributed by atoms with E-state index in [4.69, 9.17) is 39.8 Å². The van der Waals surface area contributed by atoms with Gasteiger partial charge in [-0.05, 0) is 56.3 Å². The van der Waals surface area contributed by atoms with Crippen molar-refractivity contribution in [3.8, 4) is 0 Å². The van der Waals surface area contributed by atoms with Crippen LogP contribution < -0.4 is 0 Å². The predicted molar refractivity (Wildman–Crippen MR) is 147 cm³/mol. The molecule has 0 spiro atoms. The van der Waals surface area contributed by atoms with Crippen molar-refractivity contribution >= 4 is 26.4 Å². The van der Waals surface area contributed by atoms with Gasteiger partial charge in [0.25, 0.3) is 0 Å². The van der Waals surface area contributed by atoms with Gasteiger partial charge in [-0.3, -0.25) is 0 Å². The molecule has 1 aliphatic rings. The monoisotopic (exact) mass is 570 g/mol. The van der Waals surface area contributed by atoms with Gasteiger partial charge in [0.1, 0.15) is 0 Å². The molecule has 0 aliphatic heterocycles. The lowest BCUT2D eigenvalue weighted by Gasteiger charge is -2.36. The van der Waals surface area contributed by atoms with Crippen LogP contribution in [0.3, 0.4) is 0 Å². The molecular formula is C24H54O9Si3. The highest BCUT2D eigenvalue weighted by Crippen LogP contribution is 2.41. The Labute approximate surface area is 223 Å². The molecular weight excluding hydrogens is 517 g/mol. The molecule has 0 heterocycles. The molecule has 0 saturated heterocycles. The zero-order valence-corrected chi connectivity index (χ0v) is 27.4. The van der Waals surface area contributed by atoms with E-state index in [2.05, 4.69) is 0 Å². The highest BCUT2D eigenvalue weighted by Gasteiger charge is 2.40. The summed E-state index contributed by atoms with van der Waals surface area (Å²) in [6, 6.07) is 2.57. The van der Waals surface area contributed by atoms with Gasteiger partial charge in [0.05, 0.1) is 0 Å². The van der Waals surface area contributed by atoms with Crippen LogP contribution in [-0.4, -0.2) is 90.4 Å². The first kappa shape index (κ1) is 34.3. The van der Waals surface area contributed by atoms with Crippen LogP contribution in [0.25, 0.3) is 0 Å². The maximum Gasteiger partial charge on any atom is 0.500 e. The van der Waals surface area contributed by atoms with Gasteiger partial charge >= 0.3 is 26.4 Å². The SMILES string of the molecule is CO[Si](CCCC1CC(CCC[Si](OC)(OC)OC)CC(CCC[Si](OC)(OC)OC)C1)(OC)OC. The highest BCUT2D eigenvalue weighted by atomic mass is 28.4. The summed E-state index contributed by atoms with van der Waals surface area (Å²) in [6.07, 6.45) is 10.5. The zero-order chi connectivity index (χ0) is 27.1. The van der Waals surface area contributed by atoms with E-state index in [1.165, 1.54) is 38.5 Å². The summed E-state index contributed by atoms with van der Waals surface area (Å²) in [7, 11) is 7.68. The third-order valence-electron chi connectivity index (χ3n) is 8.09. The van der Waals surface area contributed by atoms with E-state index in [9.17, 15) is 0 Å². The van der Waals surface area contributed by atoms with Crippen LogP contribution in [0.4, 0.5) is 0 Å². The van der Waals surface area contributed by atoms with Crippen molar-refractivity contribution in [1.82, 2.24) is 0 Å². The van der Waals surface area contributed by atoms with Gasteiger partial charge in [0, 0.05) is 82.1 Å². The van der Waals surface area contributed by atoms with E-state index in [1.54, 1.807) is 64.0 Å². The third kappa shape index (κ3) is 10.5. The minimum atomic E-state index is -2.52. The van der Waals surface area contributed by atoms with Crippen molar-refractivity contribution in [3.63, 3.8) is 0 Å². The predicted octanol–water partition coefficient (Wildman–Crippen LogP) is 4.99. The first-order chi connectivity index (χ1) is 17.3. The van der Waals surface area contributed by atoms with Crippen LogP contribution in [-0.2, 0) is 39.8 Å². The second kappa shape index (κ2) is 17.8. The van der Waals surface area contributed by atoms with Gasteiger partial charge in [0.2, 0.25) is 0 Å². The number of hydrogen-bond donors (Lipinski definition) is 0. The number of rotatable bonds is 21. The fourth-order valence-electron chi connectivity index (χ4n) is 5.90. The van der Waals surface area contributed by atoms with Gasteiger partial charge in [-0.15, -0.1) is 0 Å². The maximum atomic E-state index is 5.63. The number of hydrogen-bond acceptors (Lipinski definition) is 9. The van der Waals surface area contributed by atoms with E-state index in [0.29, 0.717) is 17.8 Å². The Hall–Kier alpha value is 0.291. The van der Waals surface area contributed by atoms with Crippen LogP contribution in [0.1, 0.15) is 57.8 Å². The Morgan fingerprint density at radius 1 is 0.389 bits per heavy atom. The third-order valence-corrected chi connectivity index (χ3v) is 16.6. The lowest BCUT2D eigenvalue weighted by molar-refractivity contribution is 0.116. The lowest BCUT2D eigenvalue weighted by atomic mass is 9.71. The van der Waals surface area contributed by atoms with Crippen LogP contribution >= 0.6 is 0 Å². The van der Waals surface area contributed by atoms with E-state index < -0.39 is 26.4 Å². The molecule has 0 N–H and O–H groups in total. The van der Waals surface area contributed by atoms with Crippen molar-refractivity contribution in [2.24, 2.45) is 17.8 Å². The fraction of sp³-hybridized carbons (Fsp3) is 1.00. The van der Waals surface area contributed by atoms with Gasteiger partial charge in [-0.25, -0.2) is 0 Å². The van der Waals surface area contributed by atoms with Crippen molar-refractivity contribution in [2.45, 2.75) is 75.9 Å². The van der Waals surface area contributed by atoms with Crippen LogP contribution in [0.5, 0.6) is 0 Å². The normalized spacial score (nSPS) is 21.8. The second-order valence-electron chi connectivity index (χ2n) is 9.87. The van der Waals surface area contributed by atoms with Crippen molar-refractivity contribution in [2.75, 3.05) is 64.0 Å². The second-order valence-corrected chi connectivity index (χ2v) is 19.1. The minimum Gasteiger partial charge on any atom is -0.377 e. The molecule has 1 fully saturated rings. The molecule has 0 aromatic heterocycles. The fourth-order valence-corrected chi connectivity index (χ4v) is 11.1. The van der Waals surface area contributed by atoms with E-state index >= 15 is 0 Å². The van der Waals surface area contributed by atoms with E-state index in [0.717, 1.165) is 37.4 Å². The van der Waals surface area contributed by atoms with Gasteiger partial charge in [0.15, 0.2) is 0 Å². The molecule has 12 heteroatoms. The standard InChI is InChI=1S/C24H54O9Si3/c1-25-34(26-2,27-3)16-10-13-22-19-23(14-11-17-35(28-4,29-5)30-6)21-24(20-22)15-12-18-36(31-7,32-8)33-9/h22-24H,10-21H2,1-9H3. The van der Waals surface area contributed by atoms with Crippen LogP contribution in [0, 0.1) is 17.8 Å². The zero-order valence-electron chi connectivity index (χ0n) is 24.4. The molecule has 36 heavy (non-hydrogen) atoms. The Kier molecular flexibility index (Phi) is 17.0. The van der Waals surface area contributed by atoms with E-state index in [1.807, 2.05) is 0 Å². The molecule has 0 aromatic carbocycles. The van der Waals surface area contributed by atoms with Crippen LogP contribution in [0.15, 0.2) is 0 Å². The summed E-state index contributed by atoms with van der Waals surface area (Å²) in [5.74, 6) is 2.11. The van der Waals surface area contributed by atoms with Gasteiger partial charge in [-0.1, -0.05) is 19.3 Å². The highest BCUT2D eigenvalue weighted by molar-refractivity contribution is 6.61. The smallest absolute Gasteiger partial charge is 0.377 e. The van der Waals surface area contributed by atoms with Crippen molar-refractivity contribution in [1.29, 1.82) is 0 Å². The maximum absolute atomic E-state index is 5.63. The lowest BCUT2D eigenvalue weighted by Crippen LogP contribution is -2.43. The van der Waals surface area contributed by atoms with E-state index in [-0.39, 0.29) is 0 Å². The summed E-state index contributed by atoms with van der Waals surface area (Å²) in [6.45, 7) is 0. The molecule has 1 saturated carbocycles. The minimum absolute atomic E-state index is 0.703. The Morgan fingerprint density at radius 3 is 0.750 bits per heavy atom. The quantitative estimate of drug-likeness (QED) is 0.177. The molecule has 1 aliphatic carbocycles. The molecule has 0 bridgehead atoms. The largest absolute Gasteiger partial charge is 0.500 e. The topological polar surface area (TPSA) is 83.1 Å². The average Bonchev–Trinajstić information content (AvgIpc) is 2.92. The molecule has 0 unspecified atom stereocenters. The molecule has 1 rings (SSSR count). The molecule has 0 atom stereocenters. The molecule has 216 valence electrons. The van der Waals surface area contributed by atoms with Crippen molar-refractivity contribution < 1.29 is 39.8 Å². The molecule has 0 amide bonds. The van der Waals surface area contributed by atoms with Gasteiger partial charge in [-0.2, -0.15) is 0 Å². The van der Waals surface area contributed by atoms with Crippen LogP contribution in [0.2, 0.25) is 18.1 Å². The Bertz CT molecular complexity index is 454. The first-order valence-electron chi connectivity index (χ1n) is 13.2. The summed E-state index contributed by atoms with van der Waals surface area (Å²) in [5.41, 5.74) is 0. The summed E-state index contributed by atoms with van der Waals surface area (Å²) in [4.78, 5) is 0.